The number of nitrogens with zero attached hydrogens (tertiary/aromatic N) is 2. The molecule has 0 unspecified atom stereocenters. The quantitative estimate of drug-likeness (QED) is 0.620. The maximum Gasteiger partial charge on any atom is 0.220 e. The van der Waals surface area contributed by atoms with Gasteiger partial charge in [-0.3, -0.25) is 9.78 Å². The molecule has 0 saturated heterocycles. The number of nitrogens with two attached hydrogens (primary N) is 1. The molecule has 3 N–H and O–H groups in total. The zero-order valence-corrected chi connectivity index (χ0v) is 17.7. The second kappa shape index (κ2) is 9.24. The van der Waals surface area contributed by atoms with Gasteiger partial charge < -0.3 is 11.1 Å². The molecule has 0 bridgehead atoms. The lowest BCUT2D eigenvalue weighted by Crippen LogP contribution is -2.30. The molecule has 0 atom stereocenters. The molecule has 3 aromatic rings. The smallest absolute Gasteiger partial charge is 0.220 e. The minimum atomic E-state index is 0.0970. The zero-order valence-electron chi connectivity index (χ0n) is 17.7. The lowest BCUT2D eigenvalue weighted by molar-refractivity contribution is -0.121. The van der Waals surface area contributed by atoms with E-state index in [1.807, 2.05) is 19.1 Å². The first kappa shape index (κ1) is 20.3. The van der Waals surface area contributed by atoms with Gasteiger partial charge in [0.05, 0.1) is 5.52 Å². The third-order valence-corrected chi connectivity index (χ3v) is 6.18. The van der Waals surface area contributed by atoms with E-state index in [0.29, 0.717) is 24.6 Å². The van der Waals surface area contributed by atoms with Crippen molar-refractivity contribution in [3.8, 4) is 11.1 Å². The lowest BCUT2D eigenvalue weighted by Gasteiger charge is -2.21. The Hall–Kier alpha value is -2.95. The van der Waals surface area contributed by atoms with Gasteiger partial charge in [0, 0.05) is 35.8 Å². The van der Waals surface area contributed by atoms with E-state index in [1.165, 1.54) is 32.1 Å². The van der Waals surface area contributed by atoms with Crippen LogP contribution in [0.25, 0.3) is 22.0 Å². The number of aromatic nitrogens is 2. The van der Waals surface area contributed by atoms with Crippen molar-refractivity contribution in [2.24, 2.45) is 5.92 Å². The SMILES string of the molecule is Cc1ncccc1-c1ccc2nc(N)c(CCC(=O)NCC3CCCCC3)cc2c1. The van der Waals surface area contributed by atoms with E-state index in [4.69, 9.17) is 5.73 Å². The summed E-state index contributed by atoms with van der Waals surface area (Å²) < 4.78 is 0. The third kappa shape index (κ3) is 4.78. The number of fused-ring (bicyclic) bond motifs is 1. The van der Waals surface area contributed by atoms with Crippen molar-refractivity contribution >= 4 is 22.6 Å². The molecule has 0 spiro atoms. The molecule has 156 valence electrons. The highest BCUT2D eigenvalue weighted by Crippen LogP contribution is 2.27. The van der Waals surface area contributed by atoms with E-state index in [0.717, 1.165) is 39.8 Å². The Kier molecular flexibility index (Phi) is 6.26. The molecule has 1 amide bonds. The Morgan fingerprint density at radius 2 is 2.00 bits per heavy atom. The summed E-state index contributed by atoms with van der Waals surface area (Å²) in [5, 5.41) is 4.14. The normalized spacial score (nSPS) is 14.7. The molecular weight excluding hydrogens is 372 g/mol. The van der Waals surface area contributed by atoms with Crippen molar-refractivity contribution in [1.29, 1.82) is 0 Å². The molecule has 0 aliphatic heterocycles. The van der Waals surface area contributed by atoms with Crippen LogP contribution in [0.1, 0.15) is 49.8 Å². The van der Waals surface area contributed by atoms with E-state index in [1.54, 1.807) is 6.20 Å². The summed E-state index contributed by atoms with van der Waals surface area (Å²) in [7, 11) is 0. The monoisotopic (exact) mass is 402 g/mol. The molecule has 2 aromatic heterocycles. The number of benzene rings is 1. The first-order valence-electron chi connectivity index (χ1n) is 11.0. The van der Waals surface area contributed by atoms with Crippen LogP contribution in [0.15, 0.2) is 42.6 Å². The van der Waals surface area contributed by atoms with Gasteiger partial charge in [-0.1, -0.05) is 31.4 Å². The summed E-state index contributed by atoms with van der Waals surface area (Å²) in [4.78, 5) is 21.3. The second-order valence-corrected chi connectivity index (χ2v) is 8.38. The van der Waals surface area contributed by atoms with Gasteiger partial charge in [-0.05, 0) is 67.5 Å². The number of carbonyl (C=O) groups excluding carboxylic acids is 1. The molecule has 30 heavy (non-hydrogen) atoms. The van der Waals surface area contributed by atoms with Crippen LogP contribution in [-0.4, -0.2) is 22.4 Å². The summed E-state index contributed by atoms with van der Waals surface area (Å²) in [6.45, 7) is 2.82. The third-order valence-electron chi connectivity index (χ3n) is 6.18. The highest BCUT2D eigenvalue weighted by Gasteiger charge is 2.15. The lowest BCUT2D eigenvalue weighted by atomic mass is 9.89. The Balaban J connectivity index is 1.45. The molecule has 5 nitrogen and oxygen atoms in total. The molecule has 2 heterocycles. The first-order valence-corrected chi connectivity index (χ1v) is 11.0. The zero-order chi connectivity index (χ0) is 20.9. The van der Waals surface area contributed by atoms with Gasteiger partial charge in [-0.25, -0.2) is 4.98 Å². The van der Waals surface area contributed by atoms with Crippen molar-refractivity contribution in [2.45, 2.75) is 51.9 Å². The summed E-state index contributed by atoms with van der Waals surface area (Å²) in [6.07, 6.45) is 9.23. The fourth-order valence-electron chi connectivity index (χ4n) is 4.38. The van der Waals surface area contributed by atoms with Gasteiger partial charge in [-0.2, -0.15) is 0 Å². The van der Waals surface area contributed by atoms with Gasteiger partial charge in [0.25, 0.3) is 0 Å². The fourth-order valence-corrected chi connectivity index (χ4v) is 4.38. The van der Waals surface area contributed by atoms with Gasteiger partial charge in [-0.15, -0.1) is 0 Å². The molecule has 1 aliphatic carbocycles. The Morgan fingerprint density at radius 1 is 1.17 bits per heavy atom. The predicted octanol–water partition coefficient (Wildman–Crippen LogP) is 4.82. The van der Waals surface area contributed by atoms with E-state index in [9.17, 15) is 4.79 Å². The van der Waals surface area contributed by atoms with Gasteiger partial charge >= 0.3 is 0 Å². The standard InChI is InChI=1S/C25H30N4O/c1-17-22(8-5-13-27-17)19-9-11-23-21(14-19)15-20(25(26)29-23)10-12-24(30)28-16-18-6-3-2-4-7-18/h5,8-9,11,13-15,18H,2-4,6-7,10,12,16H2,1H3,(H2,26,29)(H,28,30). The summed E-state index contributed by atoms with van der Waals surface area (Å²) in [5.41, 5.74) is 11.2. The van der Waals surface area contributed by atoms with Crippen LogP contribution in [0.3, 0.4) is 0 Å². The second-order valence-electron chi connectivity index (χ2n) is 8.38. The predicted molar refractivity (Wildman–Crippen MR) is 122 cm³/mol. The van der Waals surface area contributed by atoms with E-state index in [2.05, 4.69) is 39.6 Å². The van der Waals surface area contributed by atoms with Gasteiger partial charge in [0.15, 0.2) is 0 Å². The van der Waals surface area contributed by atoms with Crippen LogP contribution in [0.5, 0.6) is 0 Å². The van der Waals surface area contributed by atoms with Crippen molar-refractivity contribution < 1.29 is 4.79 Å². The topological polar surface area (TPSA) is 80.9 Å². The van der Waals surface area contributed by atoms with Crippen LogP contribution < -0.4 is 11.1 Å². The van der Waals surface area contributed by atoms with Crippen LogP contribution in [0.2, 0.25) is 0 Å². The average molecular weight is 403 g/mol. The molecule has 4 rings (SSSR count). The Morgan fingerprint density at radius 3 is 2.80 bits per heavy atom. The molecule has 5 heteroatoms. The number of nitrogen functional groups attached to an aromatic ring is 1. The maximum absolute atomic E-state index is 12.3. The van der Waals surface area contributed by atoms with Gasteiger partial charge in [0.2, 0.25) is 5.91 Å². The molecule has 1 aromatic carbocycles. The van der Waals surface area contributed by atoms with Gasteiger partial charge in [0.1, 0.15) is 5.82 Å². The summed E-state index contributed by atoms with van der Waals surface area (Å²) in [6, 6.07) is 12.3. The van der Waals surface area contributed by atoms with Crippen LogP contribution in [0, 0.1) is 12.8 Å². The number of anilines is 1. The molecule has 1 saturated carbocycles. The number of aryl methyl sites for hydroxylation is 2. The first-order chi connectivity index (χ1) is 14.6. The number of rotatable bonds is 6. The van der Waals surface area contributed by atoms with E-state index >= 15 is 0 Å². The number of nitrogens with one attached hydrogen (secondary N) is 1. The Labute approximate surface area is 178 Å². The minimum Gasteiger partial charge on any atom is -0.383 e. The van der Waals surface area contributed by atoms with Crippen molar-refractivity contribution in [1.82, 2.24) is 15.3 Å². The highest BCUT2D eigenvalue weighted by molar-refractivity contribution is 5.87. The van der Waals surface area contributed by atoms with Crippen molar-refractivity contribution in [2.75, 3.05) is 12.3 Å². The number of hydrogen-bond acceptors (Lipinski definition) is 4. The molecule has 1 aliphatic rings. The van der Waals surface area contributed by atoms with Crippen molar-refractivity contribution in [3.05, 3.63) is 53.9 Å². The fraction of sp³-hybridized carbons (Fsp3) is 0.400. The number of hydrogen-bond donors (Lipinski definition) is 2. The van der Waals surface area contributed by atoms with Crippen LogP contribution in [0.4, 0.5) is 5.82 Å². The number of amides is 1. The minimum absolute atomic E-state index is 0.0970. The molecule has 1 fully saturated rings. The highest BCUT2D eigenvalue weighted by atomic mass is 16.1. The number of carbonyl (C=O) groups is 1. The Bertz CT molecular complexity index is 1040. The van der Waals surface area contributed by atoms with E-state index < -0.39 is 0 Å². The average Bonchev–Trinajstić information content (AvgIpc) is 2.77. The summed E-state index contributed by atoms with van der Waals surface area (Å²) >= 11 is 0. The van der Waals surface area contributed by atoms with Crippen molar-refractivity contribution in [3.63, 3.8) is 0 Å². The summed E-state index contributed by atoms with van der Waals surface area (Å²) in [5.74, 6) is 1.25. The van der Waals surface area contributed by atoms with Crippen LogP contribution >= 0.6 is 0 Å². The largest absolute Gasteiger partial charge is 0.383 e. The maximum atomic E-state index is 12.3. The molecule has 0 radical (unpaired) electrons. The van der Waals surface area contributed by atoms with E-state index in [-0.39, 0.29) is 5.91 Å². The number of pyridine rings is 2. The van der Waals surface area contributed by atoms with Crippen LogP contribution in [-0.2, 0) is 11.2 Å². The molecular formula is C25H30N4O.